The van der Waals surface area contributed by atoms with Crippen LogP contribution in [0.4, 0.5) is 8.78 Å². The lowest BCUT2D eigenvalue weighted by atomic mass is 10.1. The van der Waals surface area contributed by atoms with Crippen LogP contribution in [0, 0.1) is 11.6 Å². The normalized spacial score (nSPS) is 10.5. The molecule has 0 bridgehead atoms. The zero-order valence-corrected chi connectivity index (χ0v) is 10.7. The van der Waals surface area contributed by atoms with Crippen molar-refractivity contribution in [2.24, 2.45) is 0 Å². The molecule has 100 valence electrons. The molecule has 0 saturated carbocycles. The van der Waals surface area contributed by atoms with Crippen LogP contribution in [0.3, 0.4) is 0 Å². The van der Waals surface area contributed by atoms with Crippen molar-refractivity contribution in [3.8, 4) is 17.0 Å². The van der Waals surface area contributed by atoms with E-state index in [0.29, 0.717) is 12.3 Å². The minimum Gasteiger partial charge on any atom is -0.493 e. The third-order valence-corrected chi connectivity index (χ3v) is 2.70. The number of ether oxygens (including phenoxy) is 1. The van der Waals surface area contributed by atoms with Crippen molar-refractivity contribution >= 4 is 0 Å². The third kappa shape index (κ3) is 3.28. The molecule has 0 fully saturated rings. The topological polar surface area (TPSA) is 22.1 Å². The predicted octanol–water partition coefficient (Wildman–Crippen LogP) is 4.21. The minimum absolute atomic E-state index is 0.199. The van der Waals surface area contributed by atoms with Crippen LogP contribution in [-0.2, 0) is 0 Å². The lowest BCUT2D eigenvalue weighted by molar-refractivity contribution is 0.307. The summed E-state index contributed by atoms with van der Waals surface area (Å²) in [6, 6.07) is 7.20. The lowest BCUT2D eigenvalue weighted by Gasteiger charge is -2.12. The van der Waals surface area contributed by atoms with Crippen LogP contribution in [-0.4, -0.2) is 11.6 Å². The quantitative estimate of drug-likeness (QED) is 0.754. The fourth-order valence-electron chi connectivity index (χ4n) is 1.75. The number of hydrogen-bond acceptors (Lipinski definition) is 2. The van der Waals surface area contributed by atoms with E-state index in [4.69, 9.17) is 4.74 Å². The summed E-state index contributed by atoms with van der Waals surface area (Å²) in [6.45, 7) is 2.45. The summed E-state index contributed by atoms with van der Waals surface area (Å²) in [6.07, 6.45) is 3.35. The van der Waals surface area contributed by atoms with Gasteiger partial charge in [0.1, 0.15) is 17.4 Å². The van der Waals surface area contributed by atoms with Gasteiger partial charge in [0.05, 0.1) is 17.9 Å². The molecule has 0 radical (unpaired) electrons. The molecular formula is C15H15F2NO. The Bertz CT molecular complexity index is 543. The molecule has 0 saturated heterocycles. The molecule has 2 rings (SSSR count). The molecule has 19 heavy (non-hydrogen) atoms. The van der Waals surface area contributed by atoms with Gasteiger partial charge in [-0.25, -0.2) is 8.78 Å². The summed E-state index contributed by atoms with van der Waals surface area (Å²) in [5.74, 6) is -1.11. The molecule has 0 amide bonds. The van der Waals surface area contributed by atoms with E-state index in [0.717, 1.165) is 18.9 Å². The van der Waals surface area contributed by atoms with E-state index in [2.05, 4.69) is 4.98 Å². The van der Waals surface area contributed by atoms with Gasteiger partial charge in [-0.2, -0.15) is 0 Å². The van der Waals surface area contributed by atoms with Gasteiger partial charge in [0.15, 0.2) is 0 Å². The Balaban J connectivity index is 2.40. The van der Waals surface area contributed by atoms with E-state index >= 15 is 0 Å². The van der Waals surface area contributed by atoms with Crippen molar-refractivity contribution in [1.29, 1.82) is 0 Å². The molecule has 1 aromatic carbocycles. The first-order valence-corrected chi connectivity index (χ1v) is 6.25. The number of hydrogen-bond donors (Lipinski definition) is 0. The third-order valence-electron chi connectivity index (χ3n) is 2.70. The molecule has 4 heteroatoms. The van der Waals surface area contributed by atoms with Crippen LogP contribution in [0.15, 0.2) is 36.5 Å². The number of aromatic nitrogens is 1. The van der Waals surface area contributed by atoms with Crippen LogP contribution in [0.1, 0.15) is 19.8 Å². The van der Waals surface area contributed by atoms with Crippen molar-refractivity contribution in [2.75, 3.05) is 6.61 Å². The number of unbranched alkanes of at least 4 members (excludes halogenated alkanes) is 1. The molecule has 1 aromatic heterocycles. The smallest absolute Gasteiger partial charge is 0.139 e. The van der Waals surface area contributed by atoms with Crippen LogP contribution in [0.25, 0.3) is 11.3 Å². The highest BCUT2D eigenvalue weighted by molar-refractivity contribution is 5.67. The number of benzene rings is 1. The summed E-state index contributed by atoms with van der Waals surface area (Å²) in [4.78, 5) is 4.09. The Morgan fingerprint density at radius 1 is 1.21 bits per heavy atom. The summed E-state index contributed by atoms with van der Waals surface area (Å²) >= 11 is 0. The zero-order valence-electron chi connectivity index (χ0n) is 10.7. The van der Waals surface area contributed by atoms with E-state index < -0.39 is 11.6 Å². The molecular weight excluding hydrogens is 248 g/mol. The first-order chi connectivity index (χ1) is 9.22. The first-order valence-electron chi connectivity index (χ1n) is 6.25. The summed E-state index contributed by atoms with van der Waals surface area (Å²) < 4.78 is 32.7. The van der Waals surface area contributed by atoms with Crippen LogP contribution in [0.2, 0.25) is 0 Å². The maximum absolute atomic E-state index is 13.9. The standard InChI is InChI=1S/C15H15F2NO/c1-2-3-8-19-14-10-11(16)9-12(17)15(14)13-6-4-5-7-18-13/h4-7,9-10H,2-3,8H2,1H3. The second-order valence-electron chi connectivity index (χ2n) is 4.18. The maximum Gasteiger partial charge on any atom is 0.139 e. The van der Waals surface area contributed by atoms with Crippen molar-refractivity contribution in [2.45, 2.75) is 19.8 Å². The molecule has 0 aliphatic heterocycles. The Kier molecular flexibility index (Phi) is 4.44. The molecule has 0 aliphatic carbocycles. The van der Waals surface area contributed by atoms with Crippen molar-refractivity contribution in [3.05, 3.63) is 48.2 Å². The number of rotatable bonds is 5. The zero-order chi connectivity index (χ0) is 13.7. The van der Waals surface area contributed by atoms with Crippen molar-refractivity contribution < 1.29 is 13.5 Å². The lowest BCUT2D eigenvalue weighted by Crippen LogP contribution is -2.01. The highest BCUT2D eigenvalue weighted by Gasteiger charge is 2.15. The highest BCUT2D eigenvalue weighted by atomic mass is 19.1. The number of halogens is 2. The van der Waals surface area contributed by atoms with Crippen LogP contribution in [0.5, 0.6) is 5.75 Å². The first kappa shape index (κ1) is 13.5. The number of pyridine rings is 1. The summed E-state index contributed by atoms with van der Waals surface area (Å²) in [7, 11) is 0. The van der Waals surface area contributed by atoms with E-state index in [1.165, 1.54) is 6.07 Å². The second-order valence-corrected chi connectivity index (χ2v) is 4.18. The van der Waals surface area contributed by atoms with Gasteiger partial charge in [-0.3, -0.25) is 4.98 Å². The fourth-order valence-corrected chi connectivity index (χ4v) is 1.75. The minimum atomic E-state index is -0.662. The molecule has 0 unspecified atom stereocenters. The van der Waals surface area contributed by atoms with Crippen molar-refractivity contribution in [1.82, 2.24) is 4.98 Å². The van der Waals surface area contributed by atoms with Crippen LogP contribution < -0.4 is 4.74 Å². The maximum atomic E-state index is 13.9. The largest absolute Gasteiger partial charge is 0.493 e. The van der Waals surface area contributed by atoms with Crippen molar-refractivity contribution in [3.63, 3.8) is 0 Å². The molecule has 2 aromatic rings. The Morgan fingerprint density at radius 3 is 2.74 bits per heavy atom. The molecule has 1 heterocycles. The molecule has 2 nitrogen and oxygen atoms in total. The second kappa shape index (κ2) is 6.27. The highest BCUT2D eigenvalue weighted by Crippen LogP contribution is 2.32. The van der Waals surface area contributed by atoms with Gasteiger partial charge in [-0.05, 0) is 18.6 Å². The molecule has 0 atom stereocenters. The van der Waals surface area contributed by atoms with Gasteiger partial charge in [0, 0.05) is 18.3 Å². The summed E-state index contributed by atoms with van der Waals surface area (Å²) in [5.41, 5.74) is 0.643. The molecule has 0 spiro atoms. The molecule has 0 aliphatic rings. The van der Waals surface area contributed by atoms with Gasteiger partial charge in [-0.1, -0.05) is 19.4 Å². The SMILES string of the molecule is CCCCOc1cc(F)cc(F)c1-c1ccccn1. The molecule has 0 N–H and O–H groups in total. The van der Waals surface area contributed by atoms with E-state index in [1.54, 1.807) is 24.4 Å². The van der Waals surface area contributed by atoms with Gasteiger partial charge in [0.25, 0.3) is 0 Å². The van der Waals surface area contributed by atoms with Crippen LogP contribution >= 0.6 is 0 Å². The van der Waals surface area contributed by atoms with Gasteiger partial charge < -0.3 is 4.74 Å². The van der Waals surface area contributed by atoms with Gasteiger partial charge in [0.2, 0.25) is 0 Å². The Hall–Kier alpha value is -1.97. The Labute approximate surface area is 111 Å². The summed E-state index contributed by atoms with van der Waals surface area (Å²) in [5, 5.41) is 0. The number of nitrogens with zero attached hydrogens (tertiary/aromatic N) is 1. The fraction of sp³-hybridized carbons (Fsp3) is 0.267. The van der Waals surface area contributed by atoms with E-state index in [-0.39, 0.29) is 11.3 Å². The van der Waals surface area contributed by atoms with E-state index in [1.807, 2.05) is 6.92 Å². The average Bonchev–Trinajstić information content (AvgIpc) is 2.39. The van der Waals surface area contributed by atoms with Gasteiger partial charge >= 0.3 is 0 Å². The monoisotopic (exact) mass is 263 g/mol. The predicted molar refractivity (Wildman–Crippen MR) is 70.0 cm³/mol. The van der Waals surface area contributed by atoms with Gasteiger partial charge in [-0.15, -0.1) is 0 Å². The Morgan fingerprint density at radius 2 is 2.05 bits per heavy atom. The average molecular weight is 263 g/mol. The van der Waals surface area contributed by atoms with E-state index in [9.17, 15) is 8.78 Å².